The normalized spacial score (nSPS) is 20.6. The second-order valence-corrected chi connectivity index (χ2v) is 5.63. The highest BCUT2D eigenvalue weighted by molar-refractivity contribution is 6.30. The molecule has 1 aromatic rings. The van der Waals surface area contributed by atoms with Crippen molar-refractivity contribution in [2.75, 3.05) is 19.7 Å². The van der Waals surface area contributed by atoms with Gasteiger partial charge in [0.25, 0.3) is 5.91 Å². The molecule has 0 bridgehead atoms. The lowest BCUT2D eigenvalue weighted by Gasteiger charge is -2.33. The summed E-state index contributed by atoms with van der Waals surface area (Å²) in [5.41, 5.74) is 0. The van der Waals surface area contributed by atoms with E-state index < -0.39 is 6.10 Å². The molecule has 1 saturated heterocycles. The molecular weight excluding hydrogens is 278 g/mol. The van der Waals surface area contributed by atoms with Gasteiger partial charge in [0.15, 0.2) is 6.10 Å². The minimum absolute atomic E-state index is 0.0295. The molecule has 0 aliphatic carbocycles. The van der Waals surface area contributed by atoms with Crippen molar-refractivity contribution in [1.82, 2.24) is 4.90 Å². The van der Waals surface area contributed by atoms with E-state index in [0.717, 1.165) is 19.4 Å². The van der Waals surface area contributed by atoms with Crippen molar-refractivity contribution in [3.05, 3.63) is 29.3 Å². The Morgan fingerprint density at radius 2 is 2.20 bits per heavy atom. The molecule has 20 heavy (non-hydrogen) atoms. The van der Waals surface area contributed by atoms with Crippen LogP contribution in [0.2, 0.25) is 5.02 Å². The molecule has 0 radical (unpaired) electrons. The van der Waals surface area contributed by atoms with E-state index in [0.29, 0.717) is 17.3 Å². The number of carbonyl (C=O) groups is 1. The van der Waals surface area contributed by atoms with Gasteiger partial charge in [-0.05, 0) is 49.9 Å². The molecule has 4 nitrogen and oxygen atoms in total. The van der Waals surface area contributed by atoms with E-state index in [1.54, 1.807) is 36.1 Å². The predicted octanol–water partition coefficient (Wildman–Crippen LogP) is 2.34. The van der Waals surface area contributed by atoms with Crippen LogP contribution in [0.3, 0.4) is 0 Å². The summed E-state index contributed by atoms with van der Waals surface area (Å²) in [7, 11) is 0. The Hall–Kier alpha value is -1.26. The van der Waals surface area contributed by atoms with Crippen LogP contribution in [-0.2, 0) is 4.79 Å². The number of likely N-dealkylation sites (tertiary alicyclic amines) is 1. The predicted molar refractivity (Wildman–Crippen MR) is 77.9 cm³/mol. The van der Waals surface area contributed by atoms with Gasteiger partial charge in [0, 0.05) is 24.7 Å². The molecule has 1 heterocycles. The second-order valence-electron chi connectivity index (χ2n) is 5.19. The Labute approximate surface area is 124 Å². The number of hydrogen-bond donors (Lipinski definition) is 1. The van der Waals surface area contributed by atoms with Gasteiger partial charge in [0.1, 0.15) is 5.75 Å². The van der Waals surface area contributed by atoms with Gasteiger partial charge in [0.2, 0.25) is 0 Å². The third kappa shape index (κ3) is 3.87. The maximum Gasteiger partial charge on any atom is 0.263 e. The van der Waals surface area contributed by atoms with Gasteiger partial charge in [-0.1, -0.05) is 11.6 Å². The van der Waals surface area contributed by atoms with E-state index in [2.05, 4.69) is 0 Å². The fourth-order valence-electron chi connectivity index (χ4n) is 2.44. The molecular formula is C15H20ClNO3. The maximum absolute atomic E-state index is 12.3. The average Bonchev–Trinajstić information content (AvgIpc) is 2.48. The first-order valence-corrected chi connectivity index (χ1v) is 7.30. The van der Waals surface area contributed by atoms with Gasteiger partial charge in [-0.25, -0.2) is 0 Å². The van der Waals surface area contributed by atoms with Gasteiger partial charge in [0.05, 0.1) is 0 Å². The van der Waals surface area contributed by atoms with Crippen LogP contribution in [0.25, 0.3) is 0 Å². The Morgan fingerprint density at radius 3 is 2.85 bits per heavy atom. The standard InChI is InChI=1S/C15H20ClNO3/c1-11(20-14-6-4-13(16)5-7-14)15(19)17-8-2-3-12(9-17)10-18/h4-7,11-12,18H,2-3,8-10H2,1H3. The second kappa shape index (κ2) is 6.95. The number of rotatable bonds is 4. The van der Waals surface area contributed by atoms with Gasteiger partial charge >= 0.3 is 0 Å². The summed E-state index contributed by atoms with van der Waals surface area (Å²) < 4.78 is 5.64. The molecule has 0 spiro atoms. The van der Waals surface area contributed by atoms with Crippen molar-refractivity contribution in [2.24, 2.45) is 5.92 Å². The van der Waals surface area contributed by atoms with E-state index in [-0.39, 0.29) is 18.4 Å². The zero-order valence-corrected chi connectivity index (χ0v) is 12.3. The van der Waals surface area contributed by atoms with Crippen LogP contribution in [0.15, 0.2) is 24.3 Å². The van der Waals surface area contributed by atoms with Crippen LogP contribution in [0.1, 0.15) is 19.8 Å². The highest BCUT2D eigenvalue weighted by Crippen LogP contribution is 2.20. The number of aliphatic hydroxyl groups is 1. The number of carbonyl (C=O) groups excluding carboxylic acids is 1. The molecule has 0 aromatic heterocycles. The third-order valence-corrected chi connectivity index (χ3v) is 3.82. The fourth-order valence-corrected chi connectivity index (χ4v) is 2.57. The number of nitrogens with zero attached hydrogens (tertiary/aromatic N) is 1. The summed E-state index contributed by atoms with van der Waals surface area (Å²) in [6, 6.07) is 6.96. The van der Waals surface area contributed by atoms with Crippen molar-refractivity contribution in [2.45, 2.75) is 25.9 Å². The smallest absolute Gasteiger partial charge is 0.263 e. The Balaban J connectivity index is 1.92. The fraction of sp³-hybridized carbons (Fsp3) is 0.533. The summed E-state index contributed by atoms with van der Waals surface area (Å²) in [5, 5.41) is 9.85. The number of piperidine rings is 1. The number of hydrogen-bond acceptors (Lipinski definition) is 3. The van der Waals surface area contributed by atoms with Crippen LogP contribution in [0.5, 0.6) is 5.75 Å². The first kappa shape index (κ1) is 15.1. The van der Waals surface area contributed by atoms with Crippen LogP contribution >= 0.6 is 11.6 Å². The molecule has 5 heteroatoms. The Kier molecular flexibility index (Phi) is 5.26. The minimum Gasteiger partial charge on any atom is -0.481 e. The first-order chi connectivity index (χ1) is 9.60. The molecule has 1 aliphatic rings. The van der Waals surface area contributed by atoms with Gasteiger partial charge in [-0.15, -0.1) is 0 Å². The number of amides is 1. The lowest BCUT2D eigenvalue weighted by Crippen LogP contribution is -2.46. The van der Waals surface area contributed by atoms with Crippen LogP contribution in [-0.4, -0.2) is 41.7 Å². The van der Waals surface area contributed by atoms with Crippen LogP contribution in [0.4, 0.5) is 0 Å². The number of aliphatic hydroxyl groups excluding tert-OH is 1. The number of benzene rings is 1. The molecule has 2 unspecified atom stereocenters. The zero-order valence-electron chi connectivity index (χ0n) is 11.6. The lowest BCUT2D eigenvalue weighted by molar-refractivity contribution is -0.140. The summed E-state index contributed by atoms with van der Waals surface area (Å²) in [6.45, 7) is 3.24. The molecule has 1 aliphatic heterocycles. The highest BCUT2D eigenvalue weighted by Gasteiger charge is 2.27. The lowest BCUT2D eigenvalue weighted by atomic mass is 9.99. The molecule has 1 fully saturated rings. The average molecular weight is 298 g/mol. The SMILES string of the molecule is CC(Oc1ccc(Cl)cc1)C(=O)N1CCCC(CO)C1. The topological polar surface area (TPSA) is 49.8 Å². The van der Waals surface area contributed by atoms with E-state index in [9.17, 15) is 9.90 Å². The van der Waals surface area contributed by atoms with Crippen molar-refractivity contribution < 1.29 is 14.6 Å². The third-order valence-electron chi connectivity index (χ3n) is 3.56. The van der Waals surface area contributed by atoms with E-state index in [4.69, 9.17) is 16.3 Å². The van der Waals surface area contributed by atoms with E-state index >= 15 is 0 Å². The van der Waals surface area contributed by atoms with E-state index in [1.807, 2.05) is 0 Å². The summed E-state index contributed by atoms with van der Waals surface area (Å²) in [5.74, 6) is 0.791. The molecule has 1 N–H and O–H groups in total. The van der Waals surface area contributed by atoms with Gasteiger partial charge < -0.3 is 14.7 Å². The van der Waals surface area contributed by atoms with Gasteiger partial charge in [-0.3, -0.25) is 4.79 Å². The molecule has 1 aromatic carbocycles. The highest BCUT2D eigenvalue weighted by atomic mass is 35.5. The molecule has 2 atom stereocenters. The zero-order chi connectivity index (χ0) is 14.5. The maximum atomic E-state index is 12.3. The molecule has 2 rings (SSSR count). The van der Waals surface area contributed by atoms with Crippen LogP contribution in [0, 0.1) is 5.92 Å². The first-order valence-electron chi connectivity index (χ1n) is 6.92. The van der Waals surface area contributed by atoms with Crippen LogP contribution < -0.4 is 4.74 Å². The summed E-state index contributed by atoms with van der Waals surface area (Å²) in [4.78, 5) is 14.1. The Morgan fingerprint density at radius 1 is 1.50 bits per heavy atom. The van der Waals surface area contributed by atoms with Gasteiger partial charge in [-0.2, -0.15) is 0 Å². The molecule has 0 saturated carbocycles. The summed E-state index contributed by atoms with van der Waals surface area (Å²) in [6.07, 6.45) is 1.38. The molecule has 1 amide bonds. The van der Waals surface area contributed by atoms with E-state index in [1.165, 1.54) is 0 Å². The largest absolute Gasteiger partial charge is 0.481 e. The van der Waals surface area contributed by atoms with Crippen molar-refractivity contribution in [3.8, 4) is 5.75 Å². The summed E-state index contributed by atoms with van der Waals surface area (Å²) >= 11 is 5.81. The number of halogens is 1. The quantitative estimate of drug-likeness (QED) is 0.928. The van der Waals surface area contributed by atoms with Crippen molar-refractivity contribution in [3.63, 3.8) is 0 Å². The monoisotopic (exact) mass is 297 g/mol. The Bertz CT molecular complexity index is 449. The van der Waals surface area contributed by atoms with Crippen molar-refractivity contribution in [1.29, 1.82) is 0 Å². The minimum atomic E-state index is -0.534. The van der Waals surface area contributed by atoms with Crippen molar-refractivity contribution >= 4 is 17.5 Å². The molecule has 110 valence electrons. The number of ether oxygens (including phenoxy) is 1.